The van der Waals surface area contributed by atoms with E-state index >= 15 is 0 Å². The number of hydrogen-bond acceptors (Lipinski definition) is 3. The molecule has 0 aromatic heterocycles. The molecule has 5 nitrogen and oxygen atoms in total. The van der Waals surface area contributed by atoms with Gasteiger partial charge in [-0.05, 0) is 37.2 Å². The average Bonchev–Trinajstić information content (AvgIpc) is 2.60. The van der Waals surface area contributed by atoms with Crippen molar-refractivity contribution in [3.05, 3.63) is 29.3 Å². The van der Waals surface area contributed by atoms with Crippen molar-refractivity contribution in [3.63, 3.8) is 0 Å². The molecule has 0 amide bonds. The summed E-state index contributed by atoms with van der Waals surface area (Å²) in [6.45, 7) is 6.22. The number of benzene rings is 1. The van der Waals surface area contributed by atoms with Crippen LogP contribution in [0, 0.1) is 0 Å². The SMILES string of the molecule is CCCCNC(N)=NCc1cc(C(F)(F)F)ccc1N1CCN(C)CC1. The predicted octanol–water partition coefficient (Wildman–Crippen LogP) is 2.66. The van der Waals surface area contributed by atoms with E-state index in [0.29, 0.717) is 12.1 Å². The molecule has 0 spiro atoms. The molecule has 146 valence electrons. The number of unbranched alkanes of at least 4 members (excludes halogenated alkanes) is 1. The monoisotopic (exact) mass is 371 g/mol. The highest BCUT2D eigenvalue weighted by Crippen LogP contribution is 2.33. The van der Waals surface area contributed by atoms with Gasteiger partial charge >= 0.3 is 6.18 Å². The number of nitrogens with one attached hydrogen (secondary N) is 1. The molecule has 1 aromatic carbocycles. The molecule has 0 aliphatic carbocycles. The van der Waals surface area contributed by atoms with Gasteiger partial charge in [-0.15, -0.1) is 0 Å². The van der Waals surface area contributed by atoms with Crippen LogP contribution in [0.5, 0.6) is 0 Å². The number of hydrogen-bond donors (Lipinski definition) is 2. The van der Waals surface area contributed by atoms with E-state index in [9.17, 15) is 13.2 Å². The Balaban J connectivity index is 2.20. The maximum absolute atomic E-state index is 13.1. The van der Waals surface area contributed by atoms with E-state index in [-0.39, 0.29) is 12.5 Å². The minimum atomic E-state index is -4.37. The first-order chi connectivity index (χ1) is 12.3. The number of rotatable bonds is 6. The summed E-state index contributed by atoms with van der Waals surface area (Å²) in [5.74, 6) is 0.264. The fourth-order valence-corrected chi connectivity index (χ4v) is 2.86. The molecule has 0 radical (unpaired) electrons. The number of nitrogens with two attached hydrogens (primary N) is 1. The lowest BCUT2D eigenvalue weighted by atomic mass is 10.1. The number of anilines is 1. The van der Waals surface area contributed by atoms with Crippen molar-refractivity contribution < 1.29 is 13.2 Å². The topological polar surface area (TPSA) is 56.9 Å². The van der Waals surface area contributed by atoms with Crippen LogP contribution < -0.4 is 16.0 Å². The summed E-state index contributed by atoms with van der Waals surface area (Å²) >= 11 is 0. The molecule has 3 N–H and O–H groups in total. The van der Waals surface area contributed by atoms with Gasteiger partial charge in [0.25, 0.3) is 0 Å². The molecule has 1 aliphatic heterocycles. The van der Waals surface area contributed by atoms with Crippen LogP contribution in [-0.2, 0) is 12.7 Å². The second kappa shape index (κ2) is 9.12. The molecular formula is C18H28F3N5. The van der Waals surface area contributed by atoms with E-state index < -0.39 is 11.7 Å². The average molecular weight is 371 g/mol. The quantitative estimate of drug-likeness (QED) is 0.459. The third kappa shape index (κ3) is 5.79. The predicted molar refractivity (Wildman–Crippen MR) is 99.4 cm³/mol. The van der Waals surface area contributed by atoms with Crippen LogP contribution in [0.15, 0.2) is 23.2 Å². The lowest BCUT2D eigenvalue weighted by Crippen LogP contribution is -2.44. The van der Waals surface area contributed by atoms with Gasteiger partial charge in [-0.2, -0.15) is 13.2 Å². The van der Waals surface area contributed by atoms with E-state index in [4.69, 9.17) is 5.73 Å². The Kier molecular flexibility index (Phi) is 7.14. The molecule has 0 unspecified atom stereocenters. The van der Waals surface area contributed by atoms with E-state index in [1.807, 2.05) is 7.05 Å². The van der Waals surface area contributed by atoms with E-state index in [0.717, 1.165) is 50.8 Å². The first-order valence-electron chi connectivity index (χ1n) is 8.98. The van der Waals surface area contributed by atoms with Gasteiger partial charge in [0.2, 0.25) is 0 Å². The normalized spacial score (nSPS) is 16.8. The summed E-state index contributed by atoms with van der Waals surface area (Å²) in [4.78, 5) is 8.56. The fraction of sp³-hybridized carbons (Fsp3) is 0.611. The number of nitrogens with zero attached hydrogens (tertiary/aromatic N) is 3. The third-order valence-electron chi connectivity index (χ3n) is 4.51. The number of halogens is 3. The second-order valence-electron chi connectivity index (χ2n) is 6.61. The van der Waals surface area contributed by atoms with E-state index in [1.165, 1.54) is 6.07 Å². The lowest BCUT2D eigenvalue weighted by molar-refractivity contribution is -0.137. The number of aliphatic imine (C=N–C) groups is 1. The first kappa shape index (κ1) is 20.4. The molecule has 2 rings (SSSR count). The summed E-state index contributed by atoms with van der Waals surface area (Å²) in [7, 11) is 2.04. The summed E-state index contributed by atoms with van der Waals surface area (Å²) in [6.07, 6.45) is -2.38. The largest absolute Gasteiger partial charge is 0.416 e. The van der Waals surface area contributed by atoms with Gasteiger partial charge in [-0.25, -0.2) is 4.99 Å². The Labute approximate surface area is 153 Å². The molecular weight excluding hydrogens is 343 g/mol. The third-order valence-corrected chi connectivity index (χ3v) is 4.51. The Bertz CT molecular complexity index is 607. The van der Waals surface area contributed by atoms with Crippen LogP contribution in [0.4, 0.5) is 18.9 Å². The van der Waals surface area contributed by atoms with Crippen molar-refractivity contribution in [1.29, 1.82) is 0 Å². The molecule has 1 saturated heterocycles. The maximum Gasteiger partial charge on any atom is 0.416 e. The Hall–Kier alpha value is -1.96. The number of likely N-dealkylation sites (N-methyl/N-ethyl adjacent to an activating group) is 1. The zero-order valence-corrected chi connectivity index (χ0v) is 15.4. The molecule has 0 bridgehead atoms. The van der Waals surface area contributed by atoms with E-state index in [2.05, 4.69) is 27.0 Å². The highest BCUT2D eigenvalue weighted by atomic mass is 19.4. The molecule has 0 atom stereocenters. The zero-order valence-electron chi connectivity index (χ0n) is 15.4. The van der Waals surface area contributed by atoms with Crippen LogP contribution in [0.25, 0.3) is 0 Å². The standard InChI is InChI=1S/C18H28F3N5/c1-3-4-7-23-17(22)24-13-14-12-15(18(19,20)21)5-6-16(14)26-10-8-25(2)9-11-26/h5-6,12H,3-4,7-11,13H2,1-2H3,(H3,22,23,24). The van der Waals surface area contributed by atoms with Gasteiger partial charge in [-0.3, -0.25) is 0 Å². The van der Waals surface area contributed by atoms with Crippen molar-refractivity contribution in [1.82, 2.24) is 10.2 Å². The molecule has 0 saturated carbocycles. The van der Waals surface area contributed by atoms with Gasteiger partial charge in [0, 0.05) is 38.4 Å². The Morgan fingerprint density at radius 3 is 2.54 bits per heavy atom. The molecule has 1 aromatic rings. The van der Waals surface area contributed by atoms with Crippen molar-refractivity contribution in [3.8, 4) is 0 Å². The minimum absolute atomic E-state index is 0.122. The summed E-state index contributed by atoms with van der Waals surface area (Å²) in [5, 5.41) is 2.99. The van der Waals surface area contributed by atoms with Crippen LogP contribution in [0.2, 0.25) is 0 Å². The van der Waals surface area contributed by atoms with Gasteiger partial charge < -0.3 is 20.9 Å². The number of piperazine rings is 1. The fourth-order valence-electron chi connectivity index (χ4n) is 2.86. The van der Waals surface area contributed by atoms with Crippen molar-refractivity contribution in [2.75, 3.05) is 44.7 Å². The zero-order chi connectivity index (χ0) is 19.2. The van der Waals surface area contributed by atoms with Crippen LogP contribution >= 0.6 is 0 Å². The highest BCUT2D eigenvalue weighted by Gasteiger charge is 2.31. The first-order valence-corrected chi connectivity index (χ1v) is 8.98. The van der Waals surface area contributed by atoms with Crippen molar-refractivity contribution in [2.24, 2.45) is 10.7 Å². The van der Waals surface area contributed by atoms with Crippen molar-refractivity contribution in [2.45, 2.75) is 32.5 Å². The molecule has 1 fully saturated rings. The van der Waals surface area contributed by atoms with E-state index in [1.54, 1.807) is 6.07 Å². The van der Waals surface area contributed by atoms with Gasteiger partial charge in [0.05, 0.1) is 12.1 Å². The second-order valence-corrected chi connectivity index (χ2v) is 6.61. The Morgan fingerprint density at radius 2 is 1.92 bits per heavy atom. The smallest absolute Gasteiger partial charge is 0.370 e. The molecule has 8 heteroatoms. The Morgan fingerprint density at radius 1 is 1.23 bits per heavy atom. The van der Waals surface area contributed by atoms with Gasteiger partial charge in [0.15, 0.2) is 5.96 Å². The summed E-state index contributed by atoms with van der Waals surface area (Å²) < 4.78 is 39.3. The summed E-state index contributed by atoms with van der Waals surface area (Å²) in [5.41, 5.74) is 6.52. The molecule has 26 heavy (non-hydrogen) atoms. The molecule has 1 heterocycles. The summed E-state index contributed by atoms with van der Waals surface area (Å²) in [6, 6.07) is 3.89. The highest BCUT2D eigenvalue weighted by molar-refractivity contribution is 5.77. The van der Waals surface area contributed by atoms with Gasteiger partial charge in [-0.1, -0.05) is 13.3 Å². The van der Waals surface area contributed by atoms with Crippen LogP contribution in [0.1, 0.15) is 30.9 Å². The van der Waals surface area contributed by atoms with Crippen molar-refractivity contribution >= 4 is 11.6 Å². The maximum atomic E-state index is 13.1. The number of guanidine groups is 1. The number of alkyl halides is 3. The van der Waals surface area contributed by atoms with Crippen LogP contribution in [-0.4, -0.2) is 50.6 Å². The van der Waals surface area contributed by atoms with Gasteiger partial charge in [0.1, 0.15) is 0 Å². The lowest BCUT2D eigenvalue weighted by Gasteiger charge is -2.35. The molecule has 1 aliphatic rings. The minimum Gasteiger partial charge on any atom is -0.370 e. The van der Waals surface area contributed by atoms with Crippen LogP contribution in [0.3, 0.4) is 0 Å².